The number of carboxylic acids is 1. The summed E-state index contributed by atoms with van der Waals surface area (Å²) in [7, 11) is 3.95. The van der Waals surface area contributed by atoms with E-state index >= 15 is 0 Å². The molecule has 6 rings (SSSR count). The lowest BCUT2D eigenvalue weighted by Crippen LogP contribution is -2.39. The molecule has 1 unspecified atom stereocenters. The summed E-state index contributed by atoms with van der Waals surface area (Å²) in [5.74, 6) is -1.02. The van der Waals surface area contributed by atoms with Crippen LogP contribution < -0.4 is 10.2 Å². The smallest absolute Gasteiger partial charge is 0.326 e. The monoisotopic (exact) mass is 934 g/mol. The highest BCUT2D eigenvalue weighted by Crippen LogP contribution is 2.49. The van der Waals surface area contributed by atoms with Gasteiger partial charge in [0.15, 0.2) is 12.3 Å². The molecule has 3 aliphatic rings. The zero-order valence-electron chi connectivity index (χ0n) is 39.5. The number of H-pyrrole nitrogens is 1. The van der Waals surface area contributed by atoms with Crippen LogP contribution in [0.5, 0.6) is 0 Å². The van der Waals surface area contributed by atoms with E-state index in [-0.39, 0.29) is 16.2 Å². The lowest BCUT2D eigenvalue weighted by atomic mass is 9.81. The van der Waals surface area contributed by atoms with Crippen LogP contribution in [-0.2, 0) is 42.3 Å². The van der Waals surface area contributed by atoms with Crippen LogP contribution in [0.1, 0.15) is 76.6 Å². The molecule has 0 spiro atoms. The van der Waals surface area contributed by atoms with Crippen molar-refractivity contribution in [2.24, 2.45) is 0 Å². The van der Waals surface area contributed by atoms with E-state index < -0.39 is 43.1 Å². The Morgan fingerprint density at radius 3 is 2.11 bits per heavy atom. The number of aromatic amines is 1. The second-order valence-electron chi connectivity index (χ2n) is 20.6. The first kappa shape index (κ1) is 49.5. The molecule has 0 radical (unpaired) electrons. The average Bonchev–Trinajstić information content (AvgIpc) is 3.83. The van der Waals surface area contributed by atoms with Gasteiger partial charge in [0, 0.05) is 71.5 Å². The summed E-state index contributed by atoms with van der Waals surface area (Å²) in [6.45, 7) is 11.3. The zero-order chi connectivity index (χ0) is 47.9. The summed E-state index contributed by atoms with van der Waals surface area (Å²) in [6, 6.07) is 8.52. The fourth-order valence-corrected chi connectivity index (χ4v) is 10.3. The molecule has 2 aromatic carbocycles. The van der Waals surface area contributed by atoms with Gasteiger partial charge in [0.05, 0.1) is 83.3 Å². The number of aliphatic carboxylic acids is 1. The Balaban J connectivity index is 1.50. The van der Waals surface area contributed by atoms with Crippen molar-refractivity contribution in [3.8, 4) is 0 Å². The van der Waals surface area contributed by atoms with Crippen molar-refractivity contribution >= 4 is 43.3 Å². The Morgan fingerprint density at radius 1 is 0.877 bits per heavy atom. The molecule has 0 bridgehead atoms. The maximum Gasteiger partial charge on any atom is 0.326 e. The van der Waals surface area contributed by atoms with Gasteiger partial charge in [-0.1, -0.05) is 26.0 Å². The molecule has 1 aromatic heterocycles. The van der Waals surface area contributed by atoms with Crippen molar-refractivity contribution in [1.29, 1.82) is 0 Å². The van der Waals surface area contributed by atoms with Gasteiger partial charge in [-0.15, -0.1) is 0 Å². The van der Waals surface area contributed by atoms with Crippen molar-refractivity contribution in [2.75, 3.05) is 73.4 Å². The maximum atomic E-state index is 13.0. The fraction of sp³-hybridized carbons (Fsp3) is 0.479. The third-order valence-electron chi connectivity index (χ3n) is 12.8. The molecule has 0 fully saturated rings. The Morgan fingerprint density at radius 2 is 1.51 bits per heavy atom. The number of carboxylic acid groups (broad SMARTS) is 1. The second-order valence-corrected chi connectivity index (χ2v) is 23.5. The quantitative estimate of drug-likeness (QED) is 0.0542. The summed E-state index contributed by atoms with van der Waals surface area (Å²) in [6.07, 6.45) is 15.4. The van der Waals surface area contributed by atoms with Crippen molar-refractivity contribution in [1.82, 2.24) is 15.3 Å². The Hall–Kier alpha value is -4.91. The highest BCUT2D eigenvalue weighted by molar-refractivity contribution is 7.86. The molecule has 0 saturated carbocycles. The molecular weight excluding hydrogens is 867 g/mol. The number of hydrogen-bond donors (Lipinski definition) is 5. The number of imidazole rings is 1. The fourth-order valence-electron chi connectivity index (χ4n) is 9.31. The lowest BCUT2D eigenvalue weighted by molar-refractivity contribution is -0.871. The van der Waals surface area contributed by atoms with Crippen molar-refractivity contribution in [3.05, 3.63) is 113 Å². The number of carbonyl (C=O) groups is 1. The molecule has 5 N–H and O–H groups in total. The molecule has 2 aliphatic heterocycles. The van der Waals surface area contributed by atoms with Crippen LogP contribution in [0, 0.1) is 0 Å². The molecule has 3 heterocycles. The van der Waals surface area contributed by atoms with Crippen molar-refractivity contribution in [3.63, 3.8) is 0 Å². The van der Waals surface area contributed by atoms with E-state index in [0.29, 0.717) is 37.3 Å². The number of nitrogens with one attached hydrogen (secondary N) is 2. The number of anilines is 1. The first-order chi connectivity index (χ1) is 30.1. The second kappa shape index (κ2) is 18.4. The minimum absolute atomic E-state index is 0.151. The largest absolute Gasteiger partial charge is 0.480 e. The molecule has 1 aliphatic carbocycles. The van der Waals surface area contributed by atoms with Crippen LogP contribution >= 0.6 is 0 Å². The Labute approximate surface area is 385 Å². The van der Waals surface area contributed by atoms with Gasteiger partial charge in [0.2, 0.25) is 5.69 Å². The number of quaternary nitrogens is 2. The maximum absolute atomic E-state index is 13.0. The molecule has 15 nitrogen and oxygen atoms in total. The van der Waals surface area contributed by atoms with Gasteiger partial charge in [-0.2, -0.15) is 21.4 Å². The predicted molar refractivity (Wildman–Crippen MR) is 254 cm³/mol. The van der Waals surface area contributed by atoms with Crippen LogP contribution in [0.15, 0.2) is 106 Å². The van der Waals surface area contributed by atoms with Crippen LogP contribution in [0.2, 0.25) is 0 Å². The van der Waals surface area contributed by atoms with E-state index in [9.17, 15) is 35.8 Å². The first-order valence-electron chi connectivity index (χ1n) is 22.1. The summed E-state index contributed by atoms with van der Waals surface area (Å²) >= 11 is 0. The number of benzene rings is 2. The highest BCUT2D eigenvalue weighted by atomic mass is 32.2. The van der Waals surface area contributed by atoms with Gasteiger partial charge >= 0.3 is 5.97 Å². The number of hydrogen-bond acceptors (Lipinski definition) is 8. The number of allylic oxidation sites excluding steroid dienone is 7. The molecular formula is C48H68N7O8S2+3. The topological polar surface area (TPSA) is 193 Å². The van der Waals surface area contributed by atoms with E-state index in [4.69, 9.17) is 0 Å². The molecule has 1 atom stereocenters. The van der Waals surface area contributed by atoms with E-state index in [2.05, 4.69) is 91.4 Å². The molecule has 0 saturated heterocycles. The summed E-state index contributed by atoms with van der Waals surface area (Å²) in [5.41, 5.74) is 7.05. The molecule has 352 valence electrons. The normalized spacial score (nSPS) is 19.4. The lowest BCUT2D eigenvalue weighted by Gasteiger charge is -2.30. The van der Waals surface area contributed by atoms with Crippen LogP contribution in [0.25, 0.3) is 0 Å². The van der Waals surface area contributed by atoms with Gasteiger partial charge in [0.1, 0.15) is 6.04 Å². The third-order valence-corrected chi connectivity index (χ3v) is 14.5. The van der Waals surface area contributed by atoms with Crippen LogP contribution in [0.4, 0.5) is 11.4 Å². The molecule has 65 heavy (non-hydrogen) atoms. The van der Waals surface area contributed by atoms with E-state index in [1.54, 1.807) is 30.5 Å². The zero-order valence-corrected chi connectivity index (χ0v) is 41.1. The van der Waals surface area contributed by atoms with Crippen LogP contribution in [-0.4, -0.2) is 141 Å². The Kier molecular flexibility index (Phi) is 14.0. The standard InChI is InChI=1S/C48H65N7O8S2/c1-47(2)38-29-36(64(58,59)60)18-20-41(38)52(24-12-26-54(5,6)7)43(47)22-16-33-14-11-15-34(45(33)51-40(46(56)57)28-35-31-49-32-50-35)17-23-44-48(3,4)39-30-37(65(61,62)63)19-21-42(39)53(44)25-13-27-55(8,9)10/h16-23,29-32,40H,11-15,24-28H2,1-10H3,(H2-2,49,50,56,57,58,59,60,61,62,63)/p+3/b33-16+,43-22+. The summed E-state index contributed by atoms with van der Waals surface area (Å²) in [5, 5.41) is 14.1. The minimum Gasteiger partial charge on any atom is -0.480 e. The van der Waals surface area contributed by atoms with E-state index in [1.165, 1.54) is 18.5 Å². The van der Waals surface area contributed by atoms with Crippen molar-refractivity contribution < 1.29 is 49.4 Å². The number of aromatic nitrogens is 2. The van der Waals surface area contributed by atoms with Crippen molar-refractivity contribution in [2.45, 2.75) is 92.9 Å². The minimum atomic E-state index is -4.45. The first-order valence-corrected chi connectivity index (χ1v) is 25.0. The number of nitrogens with zero attached hydrogens (tertiary/aromatic N) is 5. The van der Waals surface area contributed by atoms with Gasteiger partial charge in [-0.3, -0.25) is 9.11 Å². The van der Waals surface area contributed by atoms with Gasteiger partial charge < -0.3 is 29.3 Å². The third kappa shape index (κ3) is 11.4. The van der Waals surface area contributed by atoms with Gasteiger partial charge in [-0.25, -0.2) is 9.78 Å². The molecule has 0 amide bonds. The average molecular weight is 935 g/mol. The highest BCUT2D eigenvalue weighted by Gasteiger charge is 2.45. The van der Waals surface area contributed by atoms with E-state index in [0.717, 1.165) is 86.4 Å². The SMILES string of the molecule is CC1(C)C(/C=C/C2=C(NC(Cc3cnc[nH]3)C(=O)O)C(=C/C=C3/N(CCC[N+](C)(C)C)c4ccc(S(=O)(=O)O)cc4C3(C)C)/CCC2)=[N+](CCC[N+](C)(C)C)c2ccc(S(=O)(=O)O)cc21. The number of rotatable bonds is 18. The Bertz CT molecular complexity index is 2700. The predicted octanol–water partition coefficient (Wildman–Crippen LogP) is 6.36. The summed E-state index contributed by atoms with van der Waals surface area (Å²) < 4.78 is 73.1. The van der Waals surface area contributed by atoms with Crippen LogP contribution in [0.3, 0.4) is 0 Å². The number of fused-ring (bicyclic) bond motifs is 2. The van der Waals surface area contributed by atoms with Gasteiger partial charge in [-0.05, 0) is 86.2 Å². The molecule has 17 heteroatoms. The molecule has 3 aromatic rings. The summed E-state index contributed by atoms with van der Waals surface area (Å²) in [4.78, 5) is 22.0. The van der Waals surface area contributed by atoms with Gasteiger partial charge in [0.25, 0.3) is 20.2 Å². The van der Waals surface area contributed by atoms with E-state index in [1.807, 2.05) is 27.7 Å².